The summed E-state index contributed by atoms with van der Waals surface area (Å²) in [5.41, 5.74) is 0. The minimum atomic E-state index is -3.47. The molecule has 0 amide bonds. The van der Waals surface area contributed by atoms with Crippen molar-refractivity contribution in [1.82, 2.24) is 0 Å². The number of halogens is 3. The summed E-state index contributed by atoms with van der Waals surface area (Å²) in [6, 6.07) is 0. The van der Waals surface area contributed by atoms with Gasteiger partial charge in [-0.2, -0.15) is 0 Å². The van der Waals surface area contributed by atoms with E-state index in [1.807, 2.05) is 0 Å². The lowest BCUT2D eigenvalue weighted by Crippen LogP contribution is -2.04. The van der Waals surface area contributed by atoms with Crippen LogP contribution in [0.5, 0.6) is 0 Å². The summed E-state index contributed by atoms with van der Waals surface area (Å²) in [5.74, 6) is 2.21. The van der Waals surface area contributed by atoms with Crippen molar-refractivity contribution in [2.75, 3.05) is 37.5 Å². The summed E-state index contributed by atoms with van der Waals surface area (Å²) in [6.45, 7) is 1.26. The molecule has 8 heteroatoms. The van der Waals surface area contributed by atoms with E-state index in [9.17, 15) is 4.57 Å². The van der Waals surface area contributed by atoms with Crippen LogP contribution in [0.2, 0.25) is 0 Å². The van der Waals surface area contributed by atoms with Crippen LogP contribution in [0.4, 0.5) is 0 Å². The molecule has 0 aromatic rings. The van der Waals surface area contributed by atoms with E-state index in [1.165, 1.54) is 38.5 Å². The smallest absolute Gasteiger partial charge is 0.287 e. The monoisotopic (exact) mass is 536 g/mol. The van der Waals surface area contributed by atoms with Gasteiger partial charge < -0.3 is 0 Å². The van der Waals surface area contributed by atoms with E-state index in [2.05, 4.69) is 0 Å². The molecule has 0 aromatic heterocycles. The average molecular weight is 538 g/mol. The molecule has 0 aliphatic carbocycles. The van der Waals surface area contributed by atoms with Crippen LogP contribution in [0, 0.1) is 0 Å². The van der Waals surface area contributed by atoms with Crippen LogP contribution in [0.15, 0.2) is 0 Å². The first-order valence-corrected chi connectivity index (χ1v) is 16.0. The molecular formula is C24H48Cl3O4P. The highest BCUT2D eigenvalue weighted by Crippen LogP contribution is 2.50. The van der Waals surface area contributed by atoms with E-state index >= 15 is 0 Å². The number of phosphoric ester groups is 1. The summed E-state index contributed by atoms with van der Waals surface area (Å²) < 4.78 is 29.9. The Morgan fingerprint density at radius 1 is 0.375 bits per heavy atom. The first-order chi connectivity index (χ1) is 15.7. The number of phosphoric acid groups is 1. The van der Waals surface area contributed by atoms with E-state index in [0.717, 1.165) is 94.7 Å². The zero-order valence-corrected chi connectivity index (χ0v) is 23.3. The Balaban J connectivity index is 4.06. The Morgan fingerprint density at radius 3 is 0.844 bits per heavy atom. The van der Waals surface area contributed by atoms with Gasteiger partial charge in [0, 0.05) is 17.6 Å². The average Bonchev–Trinajstić information content (AvgIpc) is 2.79. The fourth-order valence-corrected chi connectivity index (χ4v) is 5.20. The van der Waals surface area contributed by atoms with Crippen molar-refractivity contribution in [3.8, 4) is 0 Å². The highest BCUT2D eigenvalue weighted by molar-refractivity contribution is 7.48. The predicted molar refractivity (Wildman–Crippen MR) is 141 cm³/mol. The Labute approximate surface area is 213 Å². The number of alkyl halides is 3. The van der Waals surface area contributed by atoms with Gasteiger partial charge >= 0.3 is 7.82 Å². The first-order valence-electron chi connectivity index (χ1n) is 12.9. The lowest BCUT2D eigenvalue weighted by molar-refractivity contribution is 0.108. The molecule has 0 fully saturated rings. The van der Waals surface area contributed by atoms with Gasteiger partial charge in [0.15, 0.2) is 0 Å². The van der Waals surface area contributed by atoms with E-state index in [4.69, 9.17) is 48.4 Å². The molecule has 0 unspecified atom stereocenters. The highest BCUT2D eigenvalue weighted by atomic mass is 35.5. The molecule has 0 heterocycles. The first kappa shape index (κ1) is 33.0. The molecule has 32 heavy (non-hydrogen) atoms. The molecule has 0 aromatic carbocycles. The van der Waals surface area contributed by atoms with Crippen LogP contribution in [-0.2, 0) is 18.1 Å². The second-order valence-corrected chi connectivity index (χ2v) is 11.2. The van der Waals surface area contributed by atoms with Crippen LogP contribution in [-0.4, -0.2) is 37.5 Å². The van der Waals surface area contributed by atoms with Crippen LogP contribution < -0.4 is 0 Å². The summed E-state index contributed by atoms with van der Waals surface area (Å²) in [6.07, 6.45) is 19.6. The standard InChI is InChI=1S/C24H48Cl3O4P/c25-19-13-7-1-4-10-16-22-29-32(28,30-23-17-11-5-2-8-14-20-26)31-24-18-12-6-3-9-15-21-27/h1-24H2. The maximum atomic E-state index is 13.0. The largest absolute Gasteiger partial charge is 0.474 e. The molecule has 0 radical (unpaired) electrons. The third-order valence-corrected chi connectivity index (χ3v) is 7.63. The SMILES string of the molecule is O=P(OCCCCCCCCCl)(OCCCCCCCCCl)OCCCCCCCCCl. The molecular weight excluding hydrogens is 490 g/mol. The van der Waals surface area contributed by atoms with Gasteiger partial charge in [-0.05, 0) is 38.5 Å². The zero-order chi connectivity index (χ0) is 23.6. The van der Waals surface area contributed by atoms with Gasteiger partial charge in [0.2, 0.25) is 0 Å². The fraction of sp³-hybridized carbons (Fsp3) is 1.00. The van der Waals surface area contributed by atoms with Gasteiger partial charge in [0.25, 0.3) is 0 Å². The molecule has 0 bridgehead atoms. The second kappa shape index (κ2) is 26.6. The molecule has 0 N–H and O–H groups in total. The van der Waals surface area contributed by atoms with Crippen molar-refractivity contribution in [2.24, 2.45) is 0 Å². The van der Waals surface area contributed by atoms with Crippen LogP contribution in [0.25, 0.3) is 0 Å². The minimum Gasteiger partial charge on any atom is -0.287 e. The fourth-order valence-electron chi connectivity index (χ4n) is 3.35. The van der Waals surface area contributed by atoms with Crippen LogP contribution >= 0.6 is 42.6 Å². The minimum absolute atomic E-state index is 0.420. The number of hydrogen-bond donors (Lipinski definition) is 0. The lowest BCUT2D eigenvalue weighted by atomic mass is 10.1. The third-order valence-electron chi connectivity index (χ3n) is 5.33. The van der Waals surface area contributed by atoms with E-state index in [1.54, 1.807) is 0 Å². The summed E-state index contributed by atoms with van der Waals surface area (Å²) in [5, 5.41) is 0. The summed E-state index contributed by atoms with van der Waals surface area (Å²) in [4.78, 5) is 0. The predicted octanol–water partition coefficient (Wildman–Crippen LogP) is 9.88. The number of rotatable bonds is 27. The van der Waals surface area contributed by atoms with E-state index in [0.29, 0.717) is 19.8 Å². The van der Waals surface area contributed by atoms with Gasteiger partial charge in [0.1, 0.15) is 0 Å². The Hall–Kier alpha value is 0.980. The molecule has 0 rings (SSSR count). The quantitative estimate of drug-likeness (QED) is 0.0594. The van der Waals surface area contributed by atoms with Crippen molar-refractivity contribution in [3.63, 3.8) is 0 Å². The maximum absolute atomic E-state index is 13.0. The molecule has 4 nitrogen and oxygen atoms in total. The Bertz CT molecular complexity index is 360. The van der Waals surface area contributed by atoms with Crippen molar-refractivity contribution < 1.29 is 18.1 Å². The van der Waals surface area contributed by atoms with E-state index in [-0.39, 0.29) is 0 Å². The highest BCUT2D eigenvalue weighted by Gasteiger charge is 2.26. The van der Waals surface area contributed by atoms with Gasteiger partial charge in [-0.1, -0.05) is 77.0 Å². The molecule has 0 atom stereocenters. The molecule has 0 aliphatic rings. The van der Waals surface area contributed by atoms with Gasteiger partial charge in [-0.3, -0.25) is 13.6 Å². The van der Waals surface area contributed by atoms with Gasteiger partial charge in [-0.15, -0.1) is 34.8 Å². The van der Waals surface area contributed by atoms with E-state index < -0.39 is 7.82 Å². The number of unbranched alkanes of at least 4 members (excludes halogenated alkanes) is 15. The molecule has 0 saturated heterocycles. The summed E-state index contributed by atoms with van der Waals surface area (Å²) >= 11 is 17.1. The van der Waals surface area contributed by atoms with Crippen molar-refractivity contribution in [1.29, 1.82) is 0 Å². The third kappa shape index (κ3) is 24.1. The molecule has 0 saturated carbocycles. The Morgan fingerprint density at radius 2 is 0.594 bits per heavy atom. The van der Waals surface area contributed by atoms with Crippen molar-refractivity contribution >= 4 is 42.6 Å². The Kier molecular flexibility index (Phi) is 27.4. The van der Waals surface area contributed by atoms with Crippen LogP contribution in [0.3, 0.4) is 0 Å². The van der Waals surface area contributed by atoms with Gasteiger partial charge in [0.05, 0.1) is 19.8 Å². The molecule has 0 spiro atoms. The number of hydrogen-bond acceptors (Lipinski definition) is 4. The van der Waals surface area contributed by atoms with Crippen molar-refractivity contribution in [3.05, 3.63) is 0 Å². The second-order valence-electron chi connectivity index (χ2n) is 8.38. The molecule has 0 aliphatic heterocycles. The summed E-state index contributed by atoms with van der Waals surface area (Å²) in [7, 11) is -3.47. The van der Waals surface area contributed by atoms with Gasteiger partial charge in [-0.25, -0.2) is 4.57 Å². The van der Waals surface area contributed by atoms with Crippen LogP contribution in [0.1, 0.15) is 116 Å². The topological polar surface area (TPSA) is 44.8 Å². The normalized spacial score (nSPS) is 12.0. The molecule has 194 valence electrons. The lowest BCUT2D eigenvalue weighted by Gasteiger charge is -2.18. The maximum Gasteiger partial charge on any atom is 0.474 e. The van der Waals surface area contributed by atoms with Crippen molar-refractivity contribution in [2.45, 2.75) is 116 Å². The zero-order valence-electron chi connectivity index (χ0n) is 20.2.